The van der Waals surface area contributed by atoms with Crippen LogP contribution >= 0.6 is 0 Å². The third-order valence-electron chi connectivity index (χ3n) is 4.46. The number of rotatable bonds is 9. The van der Waals surface area contributed by atoms with Crippen LogP contribution in [0.5, 0.6) is 0 Å². The molecule has 2 aromatic heterocycles. The average Bonchev–Trinajstić information content (AvgIpc) is 3.39. The first kappa shape index (κ1) is 18.7. The standard InChI is InChI=1S/C22H23NO4/c1-2-17-7-9-18(10-8-17)21(24)11-12-22(25)23(15-19-5-3-13-26-19)16-20-6-4-14-27-20/h3-10,13-14H,2,11-12,15-16H2,1H3. The Bertz CT molecular complexity index is 812. The zero-order chi connectivity index (χ0) is 19.1. The summed E-state index contributed by atoms with van der Waals surface area (Å²) in [4.78, 5) is 26.8. The van der Waals surface area contributed by atoms with E-state index in [2.05, 4.69) is 6.92 Å². The van der Waals surface area contributed by atoms with Crippen LogP contribution < -0.4 is 0 Å². The molecule has 0 aliphatic carbocycles. The summed E-state index contributed by atoms with van der Waals surface area (Å²) in [5.41, 5.74) is 1.83. The van der Waals surface area contributed by atoms with E-state index in [9.17, 15) is 9.59 Å². The van der Waals surface area contributed by atoms with Gasteiger partial charge in [-0.1, -0.05) is 31.2 Å². The summed E-state index contributed by atoms with van der Waals surface area (Å²) in [5, 5.41) is 0. The van der Waals surface area contributed by atoms with Crippen LogP contribution in [0.2, 0.25) is 0 Å². The Kier molecular flexibility index (Phi) is 6.26. The van der Waals surface area contributed by atoms with Crippen LogP contribution in [0.3, 0.4) is 0 Å². The lowest BCUT2D eigenvalue weighted by atomic mass is 10.0. The number of hydrogen-bond donors (Lipinski definition) is 0. The van der Waals surface area contributed by atoms with Crippen LogP contribution in [-0.4, -0.2) is 16.6 Å². The van der Waals surface area contributed by atoms with E-state index < -0.39 is 0 Å². The Labute approximate surface area is 158 Å². The molecule has 140 valence electrons. The molecule has 2 heterocycles. The number of Topliss-reactive ketones (excluding diaryl/α,β-unsaturated/α-hetero) is 1. The van der Waals surface area contributed by atoms with Crippen molar-refractivity contribution in [3.05, 3.63) is 83.7 Å². The van der Waals surface area contributed by atoms with Crippen LogP contribution in [0.15, 0.2) is 69.9 Å². The van der Waals surface area contributed by atoms with Gasteiger partial charge in [0.25, 0.3) is 0 Å². The Morgan fingerprint density at radius 1 is 0.852 bits per heavy atom. The van der Waals surface area contributed by atoms with Crippen molar-refractivity contribution in [3.63, 3.8) is 0 Å². The molecule has 0 spiro atoms. The van der Waals surface area contributed by atoms with Gasteiger partial charge in [-0.2, -0.15) is 0 Å². The van der Waals surface area contributed by atoms with Crippen LogP contribution in [0.25, 0.3) is 0 Å². The second-order valence-corrected chi connectivity index (χ2v) is 6.38. The number of carbonyl (C=O) groups is 2. The van der Waals surface area contributed by atoms with Gasteiger partial charge in [-0.05, 0) is 36.2 Å². The third-order valence-corrected chi connectivity index (χ3v) is 4.46. The van der Waals surface area contributed by atoms with Crippen LogP contribution in [-0.2, 0) is 24.3 Å². The number of benzene rings is 1. The van der Waals surface area contributed by atoms with Crippen molar-refractivity contribution in [3.8, 4) is 0 Å². The van der Waals surface area contributed by atoms with E-state index in [-0.39, 0.29) is 24.5 Å². The SMILES string of the molecule is CCc1ccc(C(=O)CCC(=O)N(Cc2ccco2)Cc2ccco2)cc1. The number of ketones is 1. The van der Waals surface area contributed by atoms with Crippen molar-refractivity contribution in [2.45, 2.75) is 39.3 Å². The lowest BCUT2D eigenvalue weighted by molar-refractivity contribution is -0.133. The van der Waals surface area contributed by atoms with Gasteiger partial charge in [-0.15, -0.1) is 0 Å². The molecule has 0 saturated heterocycles. The van der Waals surface area contributed by atoms with Gasteiger partial charge in [0, 0.05) is 18.4 Å². The van der Waals surface area contributed by atoms with Gasteiger partial charge >= 0.3 is 0 Å². The topological polar surface area (TPSA) is 63.7 Å². The molecular weight excluding hydrogens is 342 g/mol. The van der Waals surface area contributed by atoms with Gasteiger partial charge in [0.2, 0.25) is 5.91 Å². The highest BCUT2D eigenvalue weighted by Gasteiger charge is 2.18. The van der Waals surface area contributed by atoms with E-state index in [4.69, 9.17) is 8.83 Å². The van der Waals surface area contributed by atoms with Crippen molar-refractivity contribution >= 4 is 11.7 Å². The molecule has 27 heavy (non-hydrogen) atoms. The summed E-state index contributed by atoms with van der Waals surface area (Å²) in [6, 6.07) is 14.8. The summed E-state index contributed by atoms with van der Waals surface area (Å²) in [5.74, 6) is 1.25. The molecule has 1 amide bonds. The second-order valence-electron chi connectivity index (χ2n) is 6.38. The average molecular weight is 365 g/mol. The molecule has 0 bridgehead atoms. The van der Waals surface area contributed by atoms with E-state index in [1.807, 2.05) is 36.4 Å². The van der Waals surface area contributed by atoms with Gasteiger partial charge < -0.3 is 13.7 Å². The van der Waals surface area contributed by atoms with Crippen molar-refractivity contribution in [2.24, 2.45) is 0 Å². The Morgan fingerprint density at radius 2 is 1.44 bits per heavy atom. The predicted molar refractivity (Wildman–Crippen MR) is 101 cm³/mol. The van der Waals surface area contributed by atoms with Gasteiger partial charge in [0.15, 0.2) is 5.78 Å². The first-order chi connectivity index (χ1) is 13.2. The molecule has 0 saturated carbocycles. The molecular formula is C22H23NO4. The van der Waals surface area contributed by atoms with E-state index >= 15 is 0 Å². The zero-order valence-electron chi connectivity index (χ0n) is 15.4. The molecule has 5 nitrogen and oxygen atoms in total. The monoisotopic (exact) mass is 365 g/mol. The lowest BCUT2D eigenvalue weighted by Crippen LogP contribution is -2.30. The maximum atomic E-state index is 12.7. The summed E-state index contributed by atoms with van der Waals surface area (Å²) in [6.07, 6.45) is 4.41. The Morgan fingerprint density at radius 3 is 1.93 bits per heavy atom. The number of aryl methyl sites for hydroxylation is 1. The highest BCUT2D eigenvalue weighted by molar-refractivity contribution is 5.97. The number of furan rings is 2. The minimum Gasteiger partial charge on any atom is -0.467 e. The summed E-state index contributed by atoms with van der Waals surface area (Å²) in [6.45, 7) is 2.75. The van der Waals surface area contributed by atoms with E-state index in [1.54, 1.807) is 29.6 Å². The van der Waals surface area contributed by atoms with Crippen molar-refractivity contribution < 1.29 is 18.4 Å². The number of nitrogens with zero attached hydrogens (tertiary/aromatic N) is 1. The highest BCUT2D eigenvalue weighted by atomic mass is 16.3. The highest BCUT2D eigenvalue weighted by Crippen LogP contribution is 2.15. The van der Waals surface area contributed by atoms with Gasteiger partial charge in [-0.25, -0.2) is 0 Å². The zero-order valence-corrected chi connectivity index (χ0v) is 15.4. The van der Waals surface area contributed by atoms with E-state index in [0.717, 1.165) is 6.42 Å². The molecule has 0 N–H and O–H groups in total. The fraction of sp³-hybridized carbons (Fsp3) is 0.273. The van der Waals surface area contributed by atoms with Crippen LogP contribution in [0.1, 0.15) is 47.2 Å². The molecule has 0 fully saturated rings. The predicted octanol–water partition coefficient (Wildman–Crippen LogP) is 4.63. The van der Waals surface area contributed by atoms with Crippen molar-refractivity contribution in [1.82, 2.24) is 4.90 Å². The number of carbonyl (C=O) groups excluding carboxylic acids is 2. The summed E-state index contributed by atoms with van der Waals surface area (Å²) in [7, 11) is 0. The fourth-order valence-corrected chi connectivity index (χ4v) is 2.86. The molecule has 0 radical (unpaired) electrons. The first-order valence-electron chi connectivity index (χ1n) is 9.10. The molecule has 1 aromatic carbocycles. The largest absolute Gasteiger partial charge is 0.467 e. The molecule has 0 atom stereocenters. The Balaban J connectivity index is 1.61. The van der Waals surface area contributed by atoms with Gasteiger partial charge in [0.1, 0.15) is 11.5 Å². The lowest BCUT2D eigenvalue weighted by Gasteiger charge is -2.20. The van der Waals surface area contributed by atoms with E-state index in [0.29, 0.717) is 30.2 Å². The maximum absolute atomic E-state index is 12.7. The molecule has 5 heteroatoms. The van der Waals surface area contributed by atoms with Crippen molar-refractivity contribution in [1.29, 1.82) is 0 Å². The number of hydrogen-bond acceptors (Lipinski definition) is 4. The fourth-order valence-electron chi connectivity index (χ4n) is 2.86. The quantitative estimate of drug-likeness (QED) is 0.519. The summed E-state index contributed by atoms with van der Waals surface area (Å²) >= 11 is 0. The van der Waals surface area contributed by atoms with Gasteiger partial charge in [0.05, 0.1) is 25.6 Å². The Hall–Kier alpha value is -3.08. The normalized spacial score (nSPS) is 10.7. The molecule has 0 unspecified atom stereocenters. The summed E-state index contributed by atoms with van der Waals surface area (Å²) < 4.78 is 10.7. The maximum Gasteiger partial charge on any atom is 0.223 e. The smallest absolute Gasteiger partial charge is 0.223 e. The minimum atomic E-state index is -0.110. The third kappa shape index (κ3) is 5.20. The molecule has 0 aliphatic rings. The molecule has 3 rings (SSSR count). The second kappa shape index (κ2) is 9.03. The first-order valence-corrected chi connectivity index (χ1v) is 9.10. The van der Waals surface area contributed by atoms with Crippen molar-refractivity contribution in [2.75, 3.05) is 0 Å². The van der Waals surface area contributed by atoms with Crippen LogP contribution in [0, 0.1) is 0 Å². The molecule has 3 aromatic rings. The van der Waals surface area contributed by atoms with E-state index in [1.165, 1.54) is 5.56 Å². The molecule has 0 aliphatic heterocycles. The van der Waals surface area contributed by atoms with Gasteiger partial charge in [-0.3, -0.25) is 9.59 Å². The van der Waals surface area contributed by atoms with Crippen LogP contribution in [0.4, 0.5) is 0 Å². The minimum absolute atomic E-state index is 0.0260. The number of amides is 1.